The summed E-state index contributed by atoms with van der Waals surface area (Å²) < 4.78 is 0. The molecule has 5 heteroatoms. The van der Waals surface area contributed by atoms with Gasteiger partial charge in [0.1, 0.15) is 5.82 Å². The van der Waals surface area contributed by atoms with E-state index >= 15 is 0 Å². The third-order valence-electron chi connectivity index (χ3n) is 2.79. The third kappa shape index (κ3) is 4.16. The summed E-state index contributed by atoms with van der Waals surface area (Å²) in [4.78, 5) is 11.1. The molecule has 1 aromatic rings. The molecule has 0 aliphatic rings. The molecule has 0 bridgehead atoms. The second-order valence-corrected chi connectivity index (χ2v) is 4.94. The zero-order valence-corrected chi connectivity index (χ0v) is 11.9. The van der Waals surface area contributed by atoms with Gasteiger partial charge >= 0.3 is 0 Å². The Bertz CT molecular complexity index is 315. The van der Waals surface area contributed by atoms with Gasteiger partial charge in [-0.05, 0) is 19.7 Å². The smallest absolute Gasteiger partial charge is 0.147 e. The monoisotopic (exact) mass is 254 g/mol. The molecule has 0 fully saturated rings. The summed E-state index contributed by atoms with van der Waals surface area (Å²) >= 11 is 1.87. The summed E-state index contributed by atoms with van der Waals surface area (Å²) in [5.74, 6) is 2.07. The van der Waals surface area contributed by atoms with Crippen LogP contribution in [0.5, 0.6) is 0 Å². The van der Waals surface area contributed by atoms with E-state index in [1.165, 1.54) is 0 Å². The van der Waals surface area contributed by atoms with Gasteiger partial charge in [0.2, 0.25) is 0 Å². The molecule has 1 unspecified atom stereocenters. The van der Waals surface area contributed by atoms with Gasteiger partial charge in [-0.1, -0.05) is 6.92 Å². The fourth-order valence-corrected chi connectivity index (χ4v) is 2.53. The van der Waals surface area contributed by atoms with Crippen molar-refractivity contribution < 1.29 is 0 Å². The van der Waals surface area contributed by atoms with Gasteiger partial charge in [0, 0.05) is 25.4 Å². The molecule has 1 rings (SSSR count). The van der Waals surface area contributed by atoms with Crippen LogP contribution < -0.4 is 10.2 Å². The number of nitrogens with zero attached hydrogens (tertiary/aromatic N) is 3. The van der Waals surface area contributed by atoms with Crippen molar-refractivity contribution in [2.45, 2.75) is 25.9 Å². The van der Waals surface area contributed by atoms with E-state index in [4.69, 9.17) is 0 Å². The van der Waals surface area contributed by atoms with Crippen LogP contribution in [0.25, 0.3) is 0 Å². The van der Waals surface area contributed by atoms with Gasteiger partial charge in [-0.2, -0.15) is 11.8 Å². The minimum Gasteiger partial charge on any atom is -0.355 e. The van der Waals surface area contributed by atoms with E-state index < -0.39 is 0 Å². The number of rotatable bonds is 7. The first-order chi connectivity index (χ1) is 8.22. The van der Waals surface area contributed by atoms with Crippen LogP contribution in [0, 0.1) is 0 Å². The molecule has 4 nitrogen and oxygen atoms in total. The van der Waals surface area contributed by atoms with Crippen molar-refractivity contribution in [3.8, 4) is 0 Å². The number of thioether (sulfide) groups is 1. The Morgan fingerprint density at radius 1 is 1.41 bits per heavy atom. The van der Waals surface area contributed by atoms with Gasteiger partial charge in [0.15, 0.2) is 0 Å². The van der Waals surface area contributed by atoms with Gasteiger partial charge in [0.25, 0.3) is 0 Å². The fourth-order valence-electron chi connectivity index (χ4n) is 1.69. The Hall–Kier alpha value is -0.810. The van der Waals surface area contributed by atoms with E-state index in [0.29, 0.717) is 6.04 Å². The zero-order valence-electron chi connectivity index (χ0n) is 11.1. The largest absolute Gasteiger partial charge is 0.355 e. The topological polar surface area (TPSA) is 41.1 Å². The Morgan fingerprint density at radius 2 is 2.18 bits per heavy atom. The maximum atomic E-state index is 4.46. The molecule has 17 heavy (non-hydrogen) atoms. The zero-order chi connectivity index (χ0) is 12.7. The first-order valence-corrected chi connectivity index (χ1v) is 7.29. The molecule has 1 aromatic heterocycles. The Labute approximate surface area is 108 Å². The van der Waals surface area contributed by atoms with Crippen LogP contribution in [0.4, 0.5) is 5.82 Å². The van der Waals surface area contributed by atoms with Crippen LogP contribution in [0.3, 0.4) is 0 Å². The number of hydrogen-bond acceptors (Lipinski definition) is 5. The van der Waals surface area contributed by atoms with Crippen LogP contribution in [-0.4, -0.2) is 42.1 Å². The van der Waals surface area contributed by atoms with Gasteiger partial charge in [-0.25, -0.2) is 4.98 Å². The van der Waals surface area contributed by atoms with Crippen molar-refractivity contribution in [3.05, 3.63) is 18.1 Å². The maximum absolute atomic E-state index is 4.46. The molecule has 0 amide bonds. The lowest BCUT2D eigenvalue weighted by Crippen LogP contribution is -2.33. The molecular formula is C12H22N4S. The Balaban J connectivity index is 2.70. The van der Waals surface area contributed by atoms with Crippen molar-refractivity contribution in [2.24, 2.45) is 0 Å². The molecule has 0 aliphatic heterocycles. The van der Waals surface area contributed by atoms with Crippen molar-refractivity contribution in [1.82, 2.24) is 15.3 Å². The van der Waals surface area contributed by atoms with Crippen LogP contribution >= 0.6 is 11.8 Å². The summed E-state index contributed by atoms with van der Waals surface area (Å²) in [6.45, 7) is 2.97. The Morgan fingerprint density at radius 3 is 2.65 bits per heavy atom. The molecule has 1 heterocycles. The van der Waals surface area contributed by atoms with E-state index in [9.17, 15) is 0 Å². The van der Waals surface area contributed by atoms with Crippen molar-refractivity contribution in [1.29, 1.82) is 0 Å². The van der Waals surface area contributed by atoms with E-state index in [-0.39, 0.29) is 0 Å². The average Bonchev–Trinajstić information content (AvgIpc) is 2.36. The summed E-state index contributed by atoms with van der Waals surface area (Å²) in [6.07, 6.45) is 6.96. The summed E-state index contributed by atoms with van der Waals surface area (Å²) in [6, 6.07) is 0.523. The summed E-state index contributed by atoms with van der Waals surface area (Å²) in [5.41, 5.74) is 0.975. The highest BCUT2D eigenvalue weighted by Crippen LogP contribution is 2.15. The van der Waals surface area contributed by atoms with Crippen LogP contribution in [-0.2, 0) is 6.54 Å². The normalized spacial score (nSPS) is 12.5. The number of anilines is 1. The standard InChI is InChI=1S/C12H22N4S/c1-5-11(9-17-4)16(3)12-8-14-10(6-13-2)7-15-12/h7-8,11,13H,5-6,9H2,1-4H3. The Kier molecular flexibility index (Phi) is 6.29. The molecule has 0 aliphatic carbocycles. The molecular weight excluding hydrogens is 232 g/mol. The first-order valence-electron chi connectivity index (χ1n) is 5.90. The van der Waals surface area contributed by atoms with Gasteiger partial charge in [-0.3, -0.25) is 4.98 Å². The molecule has 0 spiro atoms. The molecule has 0 saturated heterocycles. The van der Waals surface area contributed by atoms with Gasteiger partial charge in [-0.15, -0.1) is 0 Å². The highest BCUT2D eigenvalue weighted by molar-refractivity contribution is 7.98. The quantitative estimate of drug-likeness (QED) is 0.803. The van der Waals surface area contributed by atoms with Crippen molar-refractivity contribution >= 4 is 17.6 Å². The van der Waals surface area contributed by atoms with Crippen LogP contribution in [0.2, 0.25) is 0 Å². The highest BCUT2D eigenvalue weighted by atomic mass is 32.2. The predicted molar refractivity (Wildman–Crippen MR) is 75.7 cm³/mol. The minimum atomic E-state index is 0.523. The van der Waals surface area contributed by atoms with E-state index in [1.54, 1.807) is 0 Å². The second-order valence-electron chi connectivity index (χ2n) is 4.02. The minimum absolute atomic E-state index is 0.523. The second kappa shape index (κ2) is 7.50. The molecule has 0 aromatic carbocycles. The predicted octanol–water partition coefficient (Wildman–Crippen LogP) is 1.77. The lowest BCUT2D eigenvalue weighted by molar-refractivity contribution is 0.662. The summed E-state index contributed by atoms with van der Waals surface area (Å²) in [5, 5.41) is 3.07. The highest BCUT2D eigenvalue weighted by Gasteiger charge is 2.13. The molecule has 0 saturated carbocycles. The van der Waals surface area contributed by atoms with Gasteiger partial charge in [0.05, 0.1) is 18.1 Å². The lowest BCUT2D eigenvalue weighted by atomic mass is 10.2. The summed E-state index contributed by atoms with van der Waals surface area (Å²) in [7, 11) is 4.00. The van der Waals surface area contributed by atoms with Crippen molar-refractivity contribution in [3.63, 3.8) is 0 Å². The molecule has 1 N–H and O–H groups in total. The number of hydrogen-bond donors (Lipinski definition) is 1. The fraction of sp³-hybridized carbons (Fsp3) is 0.667. The number of nitrogens with one attached hydrogen (secondary N) is 1. The van der Waals surface area contributed by atoms with Crippen molar-refractivity contribution in [2.75, 3.05) is 31.0 Å². The molecule has 1 atom stereocenters. The average molecular weight is 254 g/mol. The van der Waals surface area contributed by atoms with Crippen LogP contribution in [0.15, 0.2) is 12.4 Å². The maximum Gasteiger partial charge on any atom is 0.147 e. The third-order valence-corrected chi connectivity index (χ3v) is 3.51. The molecule has 96 valence electrons. The van der Waals surface area contributed by atoms with E-state index in [1.807, 2.05) is 31.2 Å². The van der Waals surface area contributed by atoms with Crippen LogP contribution in [0.1, 0.15) is 19.0 Å². The van der Waals surface area contributed by atoms with E-state index in [0.717, 1.165) is 30.2 Å². The first kappa shape index (κ1) is 14.3. The molecule has 0 radical (unpaired) electrons. The van der Waals surface area contributed by atoms with Gasteiger partial charge < -0.3 is 10.2 Å². The number of aromatic nitrogens is 2. The van der Waals surface area contributed by atoms with E-state index in [2.05, 4.69) is 40.4 Å². The lowest BCUT2D eigenvalue weighted by Gasteiger charge is -2.27. The SMILES string of the molecule is CCC(CSC)N(C)c1cnc(CNC)cn1.